The van der Waals surface area contributed by atoms with Crippen LogP contribution in [0.3, 0.4) is 0 Å². The van der Waals surface area contributed by atoms with E-state index in [1.807, 2.05) is 18.3 Å². The zero-order chi connectivity index (χ0) is 14.5. The zero-order valence-electron chi connectivity index (χ0n) is 12.5. The van der Waals surface area contributed by atoms with E-state index in [-0.39, 0.29) is 0 Å². The van der Waals surface area contributed by atoms with Crippen molar-refractivity contribution in [2.75, 3.05) is 11.4 Å². The van der Waals surface area contributed by atoms with Gasteiger partial charge in [-0.2, -0.15) is 0 Å². The van der Waals surface area contributed by atoms with Crippen LogP contribution in [0.1, 0.15) is 31.2 Å². The molecule has 1 fully saturated rings. The third kappa shape index (κ3) is 4.02. The van der Waals surface area contributed by atoms with Crippen LogP contribution in [0.2, 0.25) is 0 Å². The summed E-state index contributed by atoms with van der Waals surface area (Å²) in [7, 11) is 0. The van der Waals surface area contributed by atoms with Crippen LogP contribution < -0.4 is 10.2 Å². The molecule has 2 aromatic rings. The third-order valence-corrected chi connectivity index (χ3v) is 3.73. The first-order valence-corrected chi connectivity index (χ1v) is 7.69. The fourth-order valence-corrected chi connectivity index (χ4v) is 2.32. The molecule has 1 saturated carbocycles. The molecule has 4 nitrogen and oxygen atoms in total. The van der Waals surface area contributed by atoms with Crippen molar-refractivity contribution in [1.82, 2.24) is 15.3 Å². The first-order chi connectivity index (χ1) is 10.3. The SMILES string of the molecule is CCN(Cc1ccccn1)c1cccc(CNC2CC2)n1. The van der Waals surface area contributed by atoms with E-state index < -0.39 is 0 Å². The Morgan fingerprint density at radius 3 is 2.71 bits per heavy atom. The maximum atomic E-state index is 4.78. The molecule has 0 atom stereocenters. The monoisotopic (exact) mass is 282 g/mol. The number of rotatable bonds is 7. The molecule has 110 valence electrons. The topological polar surface area (TPSA) is 41.1 Å². The minimum Gasteiger partial charge on any atom is -0.351 e. The van der Waals surface area contributed by atoms with Gasteiger partial charge in [-0.1, -0.05) is 12.1 Å². The van der Waals surface area contributed by atoms with E-state index in [9.17, 15) is 0 Å². The number of hydrogen-bond acceptors (Lipinski definition) is 4. The van der Waals surface area contributed by atoms with Gasteiger partial charge < -0.3 is 10.2 Å². The summed E-state index contributed by atoms with van der Waals surface area (Å²) in [6.07, 6.45) is 4.45. The molecule has 4 heteroatoms. The Bertz CT molecular complexity index is 566. The van der Waals surface area contributed by atoms with Crippen molar-refractivity contribution in [2.45, 2.75) is 38.9 Å². The van der Waals surface area contributed by atoms with Gasteiger partial charge in [0.15, 0.2) is 0 Å². The molecule has 2 aromatic heterocycles. The number of nitrogens with zero attached hydrogens (tertiary/aromatic N) is 3. The van der Waals surface area contributed by atoms with Gasteiger partial charge in [-0.05, 0) is 44.0 Å². The standard InChI is InChI=1S/C17H22N4/c1-2-21(13-16-6-3-4-11-18-16)17-8-5-7-15(20-17)12-19-14-9-10-14/h3-8,11,14,19H,2,9-10,12-13H2,1H3. The van der Waals surface area contributed by atoms with Crippen molar-refractivity contribution < 1.29 is 0 Å². The van der Waals surface area contributed by atoms with Gasteiger partial charge >= 0.3 is 0 Å². The molecule has 0 amide bonds. The highest BCUT2D eigenvalue weighted by atomic mass is 15.2. The van der Waals surface area contributed by atoms with Crippen molar-refractivity contribution in [3.05, 3.63) is 54.0 Å². The summed E-state index contributed by atoms with van der Waals surface area (Å²) >= 11 is 0. The molecule has 0 spiro atoms. The summed E-state index contributed by atoms with van der Waals surface area (Å²) in [6, 6.07) is 13.0. The summed E-state index contributed by atoms with van der Waals surface area (Å²) in [6.45, 7) is 4.73. The molecule has 1 aliphatic rings. The zero-order valence-corrected chi connectivity index (χ0v) is 12.5. The van der Waals surface area contributed by atoms with Gasteiger partial charge in [0.2, 0.25) is 0 Å². The van der Waals surface area contributed by atoms with Crippen molar-refractivity contribution in [1.29, 1.82) is 0 Å². The maximum absolute atomic E-state index is 4.78. The summed E-state index contributed by atoms with van der Waals surface area (Å²) < 4.78 is 0. The first kappa shape index (κ1) is 14.0. The first-order valence-electron chi connectivity index (χ1n) is 7.69. The minimum atomic E-state index is 0.714. The number of anilines is 1. The highest BCUT2D eigenvalue weighted by Crippen LogP contribution is 2.19. The lowest BCUT2D eigenvalue weighted by molar-refractivity contribution is 0.671. The molecular weight excluding hydrogens is 260 g/mol. The molecule has 0 aromatic carbocycles. The Balaban J connectivity index is 1.68. The van der Waals surface area contributed by atoms with Crippen LogP contribution in [0, 0.1) is 0 Å². The van der Waals surface area contributed by atoms with Crippen LogP contribution in [-0.4, -0.2) is 22.6 Å². The molecule has 0 bridgehead atoms. The van der Waals surface area contributed by atoms with Gasteiger partial charge in [0.05, 0.1) is 17.9 Å². The maximum Gasteiger partial charge on any atom is 0.129 e. The molecule has 0 aliphatic heterocycles. The summed E-state index contributed by atoms with van der Waals surface area (Å²) in [5.41, 5.74) is 2.18. The molecule has 0 radical (unpaired) electrons. The van der Waals surface area contributed by atoms with Crippen LogP contribution in [0.5, 0.6) is 0 Å². The second kappa shape index (κ2) is 6.68. The molecular formula is C17H22N4. The van der Waals surface area contributed by atoms with Gasteiger partial charge in [-0.3, -0.25) is 4.98 Å². The van der Waals surface area contributed by atoms with Gasteiger partial charge in [-0.25, -0.2) is 4.98 Å². The highest BCUT2D eigenvalue weighted by molar-refractivity contribution is 5.39. The van der Waals surface area contributed by atoms with Gasteiger partial charge in [0.1, 0.15) is 5.82 Å². The summed E-state index contributed by atoms with van der Waals surface area (Å²) in [4.78, 5) is 11.4. The van der Waals surface area contributed by atoms with Crippen LogP contribution in [0.25, 0.3) is 0 Å². The fraction of sp³-hybridized carbons (Fsp3) is 0.412. The second-order valence-electron chi connectivity index (χ2n) is 5.48. The number of aromatic nitrogens is 2. The van der Waals surface area contributed by atoms with Crippen LogP contribution in [0.15, 0.2) is 42.6 Å². The lowest BCUT2D eigenvalue weighted by atomic mass is 10.3. The van der Waals surface area contributed by atoms with E-state index in [0.717, 1.165) is 36.8 Å². The molecule has 0 unspecified atom stereocenters. The second-order valence-corrected chi connectivity index (χ2v) is 5.48. The van der Waals surface area contributed by atoms with Crippen molar-refractivity contribution in [2.24, 2.45) is 0 Å². The molecule has 0 saturated heterocycles. The van der Waals surface area contributed by atoms with E-state index in [1.165, 1.54) is 12.8 Å². The molecule has 1 N–H and O–H groups in total. The average molecular weight is 282 g/mol. The predicted molar refractivity (Wildman–Crippen MR) is 85.1 cm³/mol. The van der Waals surface area contributed by atoms with E-state index >= 15 is 0 Å². The quantitative estimate of drug-likeness (QED) is 0.848. The van der Waals surface area contributed by atoms with Crippen molar-refractivity contribution >= 4 is 5.82 Å². The van der Waals surface area contributed by atoms with Crippen molar-refractivity contribution in [3.8, 4) is 0 Å². The van der Waals surface area contributed by atoms with Gasteiger partial charge in [0, 0.05) is 25.3 Å². The molecule has 21 heavy (non-hydrogen) atoms. The Labute approximate surface area is 126 Å². The smallest absolute Gasteiger partial charge is 0.129 e. The summed E-state index contributed by atoms with van der Waals surface area (Å²) in [5.74, 6) is 1.03. The summed E-state index contributed by atoms with van der Waals surface area (Å²) in [5, 5.41) is 3.51. The Morgan fingerprint density at radius 2 is 2.00 bits per heavy atom. The Hall–Kier alpha value is -1.94. The fourth-order valence-electron chi connectivity index (χ4n) is 2.32. The predicted octanol–water partition coefficient (Wildman–Crippen LogP) is 2.76. The largest absolute Gasteiger partial charge is 0.351 e. The van der Waals surface area contributed by atoms with Crippen LogP contribution in [-0.2, 0) is 13.1 Å². The van der Waals surface area contributed by atoms with E-state index in [1.54, 1.807) is 0 Å². The molecule has 3 rings (SSSR count). The third-order valence-electron chi connectivity index (χ3n) is 3.73. The van der Waals surface area contributed by atoms with Crippen LogP contribution in [0.4, 0.5) is 5.82 Å². The average Bonchev–Trinajstić information content (AvgIpc) is 3.36. The highest BCUT2D eigenvalue weighted by Gasteiger charge is 2.20. The number of pyridine rings is 2. The van der Waals surface area contributed by atoms with Gasteiger partial charge in [-0.15, -0.1) is 0 Å². The van der Waals surface area contributed by atoms with E-state index in [4.69, 9.17) is 4.98 Å². The van der Waals surface area contributed by atoms with Crippen molar-refractivity contribution in [3.63, 3.8) is 0 Å². The minimum absolute atomic E-state index is 0.714. The Kier molecular flexibility index (Phi) is 4.46. The van der Waals surface area contributed by atoms with Gasteiger partial charge in [0.25, 0.3) is 0 Å². The lowest BCUT2D eigenvalue weighted by Gasteiger charge is -2.22. The molecule has 2 heterocycles. The lowest BCUT2D eigenvalue weighted by Crippen LogP contribution is -2.24. The molecule has 1 aliphatic carbocycles. The van der Waals surface area contributed by atoms with Crippen LogP contribution >= 0.6 is 0 Å². The normalized spacial score (nSPS) is 14.1. The Morgan fingerprint density at radius 1 is 1.14 bits per heavy atom. The number of hydrogen-bond donors (Lipinski definition) is 1. The number of nitrogens with one attached hydrogen (secondary N) is 1. The van der Waals surface area contributed by atoms with E-state index in [0.29, 0.717) is 6.04 Å². The van der Waals surface area contributed by atoms with E-state index in [2.05, 4.69) is 46.4 Å².